The van der Waals surface area contributed by atoms with Crippen LogP contribution in [0.5, 0.6) is 0 Å². The molecule has 0 spiro atoms. The van der Waals surface area contributed by atoms with Crippen LogP contribution in [0.2, 0.25) is 0 Å². The fourth-order valence-electron chi connectivity index (χ4n) is 2.88. The number of hydrogen-bond donors (Lipinski definition) is 1. The Labute approximate surface area is 143 Å². The number of nitrogens with one attached hydrogen (secondary N) is 1. The van der Waals surface area contributed by atoms with Gasteiger partial charge in [0.1, 0.15) is 0 Å². The summed E-state index contributed by atoms with van der Waals surface area (Å²) in [5.74, 6) is 0.0751. The molecule has 126 valence electrons. The predicted molar refractivity (Wildman–Crippen MR) is 96.3 cm³/mol. The van der Waals surface area contributed by atoms with Crippen molar-refractivity contribution in [3.05, 3.63) is 65.7 Å². The number of morpholine rings is 1. The average Bonchev–Trinajstić information content (AvgIpc) is 2.64. The second-order valence-corrected chi connectivity index (χ2v) is 6.03. The molecule has 2 aromatic carbocycles. The number of hydrogen-bond acceptors (Lipinski definition) is 3. The molecule has 3 rings (SSSR count). The lowest BCUT2D eigenvalue weighted by Gasteiger charge is -2.28. The van der Waals surface area contributed by atoms with Gasteiger partial charge in [0.15, 0.2) is 0 Å². The fraction of sp³-hybridized carbons (Fsp3) is 0.350. The van der Waals surface area contributed by atoms with Gasteiger partial charge in [0.25, 0.3) is 0 Å². The first-order valence-electron chi connectivity index (χ1n) is 8.53. The van der Waals surface area contributed by atoms with Gasteiger partial charge in [0.2, 0.25) is 5.91 Å². The summed E-state index contributed by atoms with van der Waals surface area (Å²) in [5.41, 5.74) is 3.53. The molecule has 1 amide bonds. The summed E-state index contributed by atoms with van der Waals surface area (Å²) < 4.78 is 5.38. The van der Waals surface area contributed by atoms with E-state index in [0.29, 0.717) is 13.0 Å². The summed E-state index contributed by atoms with van der Waals surface area (Å²) in [5, 5.41) is 2.99. The maximum atomic E-state index is 11.9. The van der Waals surface area contributed by atoms with E-state index >= 15 is 0 Å². The summed E-state index contributed by atoms with van der Waals surface area (Å²) in [6.45, 7) is 4.18. The first kappa shape index (κ1) is 16.5. The molecule has 1 saturated heterocycles. The Bertz CT molecular complexity index is 634. The zero-order chi connectivity index (χ0) is 16.6. The third-order valence-corrected chi connectivity index (χ3v) is 4.26. The molecule has 0 aliphatic carbocycles. The molecule has 0 atom stereocenters. The van der Waals surface area contributed by atoms with Gasteiger partial charge in [-0.1, -0.05) is 42.5 Å². The van der Waals surface area contributed by atoms with E-state index in [1.54, 1.807) is 0 Å². The van der Waals surface area contributed by atoms with Gasteiger partial charge in [-0.15, -0.1) is 0 Å². The first-order valence-corrected chi connectivity index (χ1v) is 8.53. The Kier molecular flexibility index (Phi) is 5.85. The molecule has 1 aliphatic heterocycles. The van der Waals surface area contributed by atoms with E-state index in [-0.39, 0.29) is 5.91 Å². The van der Waals surface area contributed by atoms with Gasteiger partial charge < -0.3 is 15.0 Å². The lowest BCUT2D eigenvalue weighted by molar-refractivity contribution is -0.120. The molecule has 2 aromatic rings. The Morgan fingerprint density at radius 2 is 1.67 bits per heavy atom. The highest BCUT2D eigenvalue weighted by Crippen LogP contribution is 2.16. The zero-order valence-electron chi connectivity index (χ0n) is 13.9. The largest absolute Gasteiger partial charge is 0.378 e. The molecule has 4 heteroatoms. The highest BCUT2D eigenvalue weighted by Gasteiger charge is 2.10. The van der Waals surface area contributed by atoms with E-state index in [1.165, 1.54) is 11.3 Å². The number of carbonyl (C=O) groups excluding carboxylic acids is 1. The molecular formula is C20H24N2O2. The molecule has 0 aromatic heterocycles. The van der Waals surface area contributed by atoms with E-state index in [4.69, 9.17) is 4.74 Å². The van der Waals surface area contributed by atoms with Gasteiger partial charge in [-0.3, -0.25) is 4.79 Å². The molecule has 0 bridgehead atoms. The van der Waals surface area contributed by atoms with Gasteiger partial charge >= 0.3 is 0 Å². The van der Waals surface area contributed by atoms with Crippen molar-refractivity contribution >= 4 is 11.6 Å². The van der Waals surface area contributed by atoms with E-state index in [9.17, 15) is 4.79 Å². The van der Waals surface area contributed by atoms with Crippen LogP contribution in [0.15, 0.2) is 54.6 Å². The smallest absolute Gasteiger partial charge is 0.224 e. The van der Waals surface area contributed by atoms with Crippen LogP contribution in [0.25, 0.3) is 0 Å². The normalized spacial score (nSPS) is 14.4. The van der Waals surface area contributed by atoms with Crippen LogP contribution in [0, 0.1) is 0 Å². The minimum absolute atomic E-state index is 0.0751. The molecular weight excluding hydrogens is 300 g/mol. The second kappa shape index (κ2) is 8.50. The van der Waals surface area contributed by atoms with Crippen molar-refractivity contribution in [3.63, 3.8) is 0 Å². The summed E-state index contributed by atoms with van der Waals surface area (Å²) in [6, 6.07) is 18.4. The van der Waals surface area contributed by atoms with Crippen LogP contribution in [0.3, 0.4) is 0 Å². The van der Waals surface area contributed by atoms with Crippen molar-refractivity contribution in [1.29, 1.82) is 0 Å². The molecule has 4 nitrogen and oxygen atoms in total. The molecule has 0 radical (unpaired) electrons. The number of ether oxygens (including phenoxy) is 1. The maximum absolute atomic E-state index is 11.9. The highest BCUT2D eigenvalue weighted by molar-refractivity contribution is 5.78. The third-order valence-electron chi connectivity index (χ3n) is 4.26. The fourth-order valence-corrected chi connectivity index (χ4v) is 2.88. The number of carbonyl (C=O) groups is 1. The minimum Gasteiger partial charge on any atom is -0.378 e. The van der Waals surface area contributed by atoms with Crippen molar-refractivity contribution in [2.75, 3.05) is 37.7 Å². The van der Waals surface area contributed by atoms with Crippen molar-refractivity contribution in [2.45, 2.75) is 12.8 Å². The number of anilines is 1. The van der Waals surface area contributed by atoms with Crippen LogP contribution in [0.1, 0.15) is 11.1 Å². The van der Waals surface area contributed by atoms with Crippen molar-refractivity contribution in [3.8, 4) is 0 Å². The lowest BCUT2D eigenvalue weighted by atomic mass is 10.1. The van der Waals surface area contributed by atoms with Crippen molar-refractivity contribution in [2.24, 2.45) is 0 Å². The Morgan fingerprint density at radius 3 is 2.38 bits per heavy atom. The van der Waals surface area contributed by atoms with Gasteiger partial charge in [-0.05, 0) is 29.7 Å². The van der Waals surface area contributed by atoms with Crippen molar-refractivity contribution in [1.82, 2.24) is 5.32 Å². The molecule has 1 aliphatic rings. The summed E-state index contributed by atoms with van der Waals surface area (Å²) in [7, 11) is 0. The topological polar surface area (TPSA) is 41.6 Å². The van der Waals surface area contributed by atoms with E-state index in [2.05, 4.69) is 34.5 Å². The zero-order valence-corrected chi connectivity index (χ0v) is 13.9. The molecule has 1 N–H and O–H groups in total. The molecule has 0 unspecified atom stereocenters. The molecule has 0 saturated carbocycles. The van der Waals surface area contributed by atoms with Crippen LogP contribution >= 0.6 is 0 Å². The van der Waals surface area contributed by atoms with Crippen LogP contribution in [-0.2, 0) is 22.4 Å². The first-order chi connectivity index (χ1) is 11.8. The highest BCUT2D eigenvalue weighted by atomic mass is 16.5. The maximum Gasteiger partial charge on any atom is 0.224 e. The van der Waals surface area contributed by atoms with Gasteiger partial charge in [-0.2, -0.15) is 0 Å². The number of rotatable bonds is 6. The SMILES string of the molecule is O=C(Cc1ccccc1)NCCc1ccc(N2CCOCC2)cc1. The predicted octanol–water partition coefficient (Wildman–Crippen LogP) is 2.42. The van der Waals surface area contributed by atoms with Gasteiger partial charge in [0.05, 0.1) is 19.6 Å². The van der Waals surface area contributed by atoms with Crippen LogP contribution < -0.4 is 10.2 Å². The summed E-state index contributed by atoms with van der Waals surface area (Å²) in [4.78, 5) is 14.3. The molecule has 1 heterocycles. The number of nitrogens with zero attached hydrogens (tertiary/aromatic N) is 1. The lowest BCUT2D eigenvalue weighted by Crippen LogP contribution is -2.36. The Morgan fingerprint density at radius 1 is 0.958 bits per heavy atom. The number of benzene rings is 2. The van der Waals surface area contributed by atoms with Crippen molar-refractivity contribution < 1.29 is 9.53 Å². The second-order valence-electron chi connectivity index (χ2n) is 6.03. The molecule has 1 fully saturated rings. The summed E-state index contributed by atoms with van der Waals surface area (Å²) in [6.07, 6.45) is 1.29. The average molecular weight is 324 g/mol. The summed E-state index contributed by atoms with van der Waals surface area (Å²) >= 11 is 0. The quantitative estimate of drug-likeness (QED) is 0.887. The van der Waals surface area contributed by atoms with E-state index in [1.807, 2.05) is 30.3 Å². The Hall–Kier alpha value is -2.33. The van der Waals surface area contributed by atoms with E-state index in [0.717, 1.165) is 38.3 Å². The number of amides is 1. The minimum atomic E-state index is 0.0751. The van der Waals surface area contributed by atoms with Crippen LogP contribution in [-0.4, -0.2) is 38.8 Å². The standard InChI is InChI=1S/C20H24N2O2/c23-20(16-18-4-2-1-3-5-18)21-11-10-17-6-8-19(9-7-17)22-12-14-24-15-13-22/h1-9H,10-16H2,(H,21,23). The Balaban J connectivity index is 1.42. The van der Waals surface area contributed by atoms with Crippen LogP contribution in [0.4, 0.5) is 5.69 Å². The van der Waals surface area contributed by atoms with E-state index < -0.39 is 0 Å². The third kappa shape index (κ3) is 4.83. The molecule has 24 heavy (non-hydrogen) atoms. The van der Waals surface area contributed by atoms with Gasteiger partial charge in [0, 0.05) is 25.3 Å². The monoisotopic (exact) mass is 324 g/mol. The van der Waals surface area contributed by atoms with Gasteiger partial charge in [-0.25, -0.2) is 0 Å².